The monoisotopic (exact) mass is 608 g/mol. The number of rotatable bonds is 13. The summed E-state index contributed by atoms with van der Waals surface area (Å²) in [5.41, 5.74) is 1.09. The van der Waals surface area contributed by atoms with Crippen molar-refractivity contribution in [2.45, 2.75) is 44.9 Å². The molecule has 2 amide bonds. The van der Waals surface area contributed by atoms with Gasteiger partial charge in [-0.2, -0.15) is 18.4 Å². The Hall–Kier alpha value is -5.05. The Morgan fingerprint density at radius 2 is 1.68 bits per heavy atom. The van der Waals surface area contributed by atoms with E-state index in [0.29, 0.717) is 16.9 Å². The fraction of sp³-hybridized carbons (Fsp3) is 0.312. The molecule has 0 bridgehead atoms. The number of amides is 2. The normalized spacial score (nSPS) is 13.2. The van der Waals surface area contributed by atoms with Gasteiger partial charge in [0.2, 0.25) is 11.7 Å². The third-order valence-electron chi connectivity index (χ3n) is 6.91. The molecule has 2 aromatic carbocycles. The van der Waals surface area contributed by atoms with Crippen molar-refractivity contribution in [2.24, 2.45) is 11.8 Å². The Morgan fingerprint density at radius 1 is 0.977 bits per heavy atom. The highest BCUT2D eigenvalue weighted by Crippen LogP contribution is 2.30. The number of carbonyl (C=O) groups is 4. The van der Waals surface area contributed by atoms with E-state index in [-0.39, 0.29) is 17.7 Å². The number of ketones is 2. The summed E-state index contributed by atoms with van der Waals surface area (Å²) >= 11 is 0. The number of hydrogen-bond acceptors (Lipinski definition) is 7. The van der Waals surface area contributed by atoms with Crippen molar-refractivity contribution in [1.29, 1.82) is 5.26 Å². The molecule has 0 aliphatic carbocycles. The first-order chi connectivity index (χ1) is 20.8. The summed E-state index contributed by atoms with van der Waals surface area (Å²) in [4.78, 5) is 56.5. The van der Waals surface area contributed by atoms with Gasteiger partial charge in [-0.25, -0.2) is 0 Å². The highest BCUT2D eigenvalue weighted by Gasteiger charge is 2.45. The molecule has 2 N–H and O–H groups in total. The van der Waals surface area contributed by atoms with Crippen LogP contribution < -0.4 is 15.4 Å². The van der Waals surface area contributed by atoms with Gasteiger partial charge < -0.3 is 15.4 Å². The average molecular weight is 609 g/mol. The van der Waals surface area contributed by atoms with E-state index in [1.165, 1.54) is 63.6 Å². The summed E-state index contributed by atoms with van der Waals surface area (Å²) < 4.78 is 45.2. The maximum absolute atomic E-state index is 13.8. The second-order valence-electron chi connectivity index (χ2n) is 10.4. The number of carbonyl (C=O) groups excluding carboxylic acids is 4. The topological polar surface area (TPSA) is 138 Å². The molecule has 0 aliphatic heterocycles. The van der Waals surface area contributed by atoms with E-state index < -0.39 is 59.9 Å². The fourth-order valence-electron chi connectivity index (χ4n) is 4.51. The Morgan fingerprint density at radius 3 is 2.25 bits per heavy atom. The number of alkyl halides is 3. The number of benzene rings is 2. The number of nitrogens with one attached hydrogen (secondary N) is 2. The average Bonchev–Trinajstić information content (AvgIpc) is 3.01. The van der Waals surface area contributed by atoms with E-state index in [2.05, 4.69) is 15.6 Å². The Kier molecular flexibility index (Phi) is 11.3. The number of aromatic nitrogens is 1. The fourth-order valence-corrected chi connectivity index (χ4v) is 4.51. The van der Waals surface area contributed by atoms with Crippen molar-refractivity contribution in [3.8, 4) is 11.8 Å². The molecular weight excluding hydrogens is 577 g/mol. The first-order valence-electron chi connectivity index (χ1n) is 13.6. The molecule has 9 nitrogen and oxygen atoms in total. The van der Waals surface area contributed by atoms with Crippen molar-refractivity contribution in [3.05, 3.63) is 95.3 Å². The molecule has 1 heterocycles. The lowest BCUT2D eigenvalue weighted by atomic mass is 9.84. The van der Waals surface area contributed by atoms with Crippen LogP contribution in [0, 0.1) is 23.2 Å². The molecule has 0 aliphatic rings. The predicted octanol–water partition coefficient (Wildman–Crippen LogP) is 4.52. The second-order valence-corrected chi connectivity index (χ2v) is 10.4. The Balaban J connectivity index is 1.97. The lowest BCUT2D eigenvalue weighted by Crippen LogP contribution is -2.50. The molecule has 44 heavy (non-hydrogen) atoms. The van der Waals surface area contributed by atoms with Crippen LogP contribution in [0.3, 0.4) is 0 Å². The van der Waals surface area contributed by atoms with E-state index >= 15 is 0 Å². The minimum atomic E-state index is -5.15. The first kappa shape index (κ1) is 33.5. The van der Waals surface area contributed by atoms with E-state index in [9.17, 15) is 37.6 Å². The van der Waals surface area contributed by atoms with Gasteiger partial charge in [-0.3, -0.25) is 24.2 Å². The maximum Gasteiger partial charge on any atom is 0.450 e. The minimum Gasteiger partial charge on any atom is -0.497 e. The summed E-state index contributed by atoms with van der Waals surface area (Å²) in [5, 5.41) is 14.5. The smallest absolute Gasteiger partial charge is 0.450 e. The molecule has 230 valence electrons. The van der Waals surface area contributed by atoms with E-state index in [0.717, 1.165) is 0 Å². The number of pyridine rings is 1. The van der Waals surface area contributed by atoms with Gasteiger partial charge in [-0.1, -0.05) is 44.2 Å². The first-order valence-corrected chi connectivity index (χ1v) is 13.6. The standard InChI is InChI=1S/C32H31F3N4O5/c1-19(2)24(29(41)32(33,34)35)17-27(40)28(22-10-12-23(44-3)13-11-22)39-31(43)26(16-20-7-6-8-21(15-20)18-36)38-30(42)25-9-4-5-14-37-25/h4-15,19,24,26,28H,16-17H2,1-3H3,(H,38,42)(H,39,43)/t24-,26-,28-/m0/s1. The van der Waals surface area contributed by atoms with Crippen LogP contribution in [0.1, 0.15) is 53.5 Å². The summed E-state index contributed by atoms with van der Waals surface area (Å²) in [6.07, 6.45) is -4.63. The van der Waals surface area contributed by atoms with Crippen LogP contribution in [0.5, 0.6) is 5.75 Å². The molecule has 3 aromatic rings. The zero-order valence-electron chi connectivity index (χ0n) is 24.2. The zero-order valence-corrected chi connectivity index (χ0v) is 24.2. The van der Waals surface area contributed by atoms with Gasteiger partial charge in [-0.05, 0) is 53.4 Å². The second kappa shape index (κ2) is 14.9. The van der Waals surface area contributed by atoms with Gasteiger partial charge in [0, 0.05) is 25.0 Å². The van der Waals surface area contributed by atoms with Crippen molar-refractivity contribution in [3.63, 3.8) is 0 Å². The molecule has 1 aromatic heterocycles. The van der Waals surface area contributed by atoms with Gasteiger partial charge in [0.25, 0.3) is 5.91 Å². The Bertz CT molecular complexity index is 1520. The van der Waals surface area contributed by atoms with Gasteiger partial charge in [0.1, 0.15) is 23.5 Å². The van der Waals surface area contributed by atoms with Crippen LogP contribution in [0.25, 0.3) is 0 Å². The number of nitriles is 1. The molecular formula is C32H31F3N4O5. The van der Waals surface area contributed by atoms with Gasteiger partial charge in [0.05, 0.1) is 18.7 Å². The van der Waals surface area contributed by atoms with Gasteiger partial charge >= 0.3 is 6.18 Å². The SMILES string of the molecule is COc1ccc([C@H](NC(=O)[C@H](Cc2cccc(C#N)c2)NC(=O)c2ccccn2)C(=O)C[C@H](C(=O)C(F)(F)F)C(C)C)cc1. The minimum absolute atomic E-state index is 0.0179. The van der Waals surface area contributed by atoms with E-state index in [1.54, 1.807) is 30.3 Å². The molecule has 12 heteroatoms. The molecule has 3 rings (SSSR count). The summed E-state index contributed by atoms with van der Waals surface area (Å²) in [6.45, 7) is 2.81. The molecule has 0 spiro atoms. The number of Topliss-reactive ketones (excluding diaryl/α,β-unsaturated/α-hetero) is 2. The number of methoxy groups -OCH3 is 1. The largest absolute Gasteiger partial charge is 0.497 e. The van der Waals surface area contributed by atoms with Crippen LogP contribution in [0.4, 0.5) is 13.2 Å². The molecule has 0 saturated carbocycles. The highest BCUT2D eigenvalue weighted by molar-refractivity contribution is 5.98. The number of nitrogens with zero attached hydrogens (tertiary/aromatic N) is 2. The van der Waals surface area contributed by atoms with Crippen LogP contribution >= 0.6 is 0 Å². The maximum atomic E-state index is 13.8. The lowest BCUT2D eigenvalue weighted by Gasteiger charge is -2.26. The predicted molar refractivity (Wildman–Crippen MR) is 153 cm³/mol. The summed E-state index contributed by atoms with van der Waals surface area (Å²) in [5.74, 6) is -6.44. The summed E-state index contributed by atoms with van der Waals surface area (Å²) in [6, 6.07) is 16.2. The van der Waals surface area contributed by atoms with Crippen molar-refractivity contribution in [1.82, 2.24) is 15.6 Å². The van der Waals surface area contributed by atoms with Crippen LogP contribution in [0.15, 0.2) is 72.9 Å². The zero-order chi connectivity index (χ0) is 32.4. The third kappa shape index (κ3) is 8.97. The lowest BCUT2D eigenvalue weighted by molar-refractivity contribution is -0.177. The molecule has 0 unspecified atom stereocenters. The summed E-state index contributed by atoms with van der Waals surface area (Å²) in [7, 11) is 1.42. The van der Waals surface area contributed by atoms with Crippen molar-refractivity contribution >= 4 is 23.4 Å². The van der Waals surface area contributed by atoms with Crippen LogP contribution in [0.2, 0.25) is 0 Å². The third-order valence-corrected chi connectivity index (χ3v) is 6.91. The van der Waals surface area contributed by atoms with E-state index in [1.807, 2.05) is 6.07 Å². The van der Waals surface area contributed by atoms with E-state index in [4.69, 9.17) is 4.74 Å². The van der Waals surface area contributed by atoms with Crippen molar-refractivity contribution in [2.75, 3.05) is 7.11 Å². The number of ether oxygens (including phenoxy) is 1. The quantitative estimate of drug-likeness (QED) is 0.291. The van der Waals surface area contributed by atoms with Crippen LogP contribution in [-0.2, 0) is 20.8 Å². The molecule has 3 atom stereocenters. The highest BCUT2D eigenvalue weighted by atomic mass is 19.4. The van der Waals surface area contributed by atoms with Crippen LogP contribution in [-0.4, -0.2) is 47.7 Å². The molecule has 0 fully saturated rings. The molecule has 0 saturated heterocycles. The Labute approximate surface area is 252 Å². The van der Waals surface area contributed by atoms with Gasteiger partial charge in [0.15, 0.2) is 5.78 Å². The number of hydrogen-bond donors (Lipinski definition) is 2. The van der Waals surface area contributed by atoms with Gasteiger partial charge in [-0.15, -0.1) is 0 Å². The molecule has 0 radical (unpaired) electrons. The number of halogens is 3. The van der Waals surface area contributed by atoms with Crippen molar-refractivity contribution < 1.29 is 37.1 Å².